The molecule has 2 aliphatic rings. The van der Waals surface area contributed by atoms with Crippen LogP contribution in [0.3, 0.4) is 0 Å². The number of halogens is 2. The number of nitrogens with zero attached hydrogens (tertiary/aromatic N) is 3. The molecular weight excluding hydrogens is 424 g/mol. The minimum Gasteiger partial charge on any atom is -0.379 e. The summed E-state index contributed by atoms with van der Waals surface area (Å²) in [5.74, 6) is 0.342. The lowest BCUT2D eigenvalue weighted by Crippen LogP contribution is -2.31. The standard InChI is InChI=1S/C25H29F2N5O/c1-14-7-16-9-18(17-11-28-31(3)13-17)19(25(26)27)10-22(16)32(12-14)21-6-4-5-20-24(21)29-15(2)8-23(33)30-20/h4-6,9-11,13-15,23,25,29-30,33H,7-8,12H2,1-3H3/t14-,15+,23?/m0/s1. The number of fused-ring (bicyclic) bond motifs is 2. The van der Waals surface area contributed by atoms with E-state index in [0.29, 0.717) is 23.5 Å². The van der Waals surface area contributed by atoms with Crippen molar-refractivity contribution in [3.8, 4) is 11.1 Å². The third-order valence-electron chi connectivity index (χ3n) is 6.48. The molecule has 0 bridgehead atoms. The first-order valence-electron chi connectivity index (χ1n) is 11.4. The van der Waals surface area contributed by atoms with E-state index in [9.17, 15) is 13.9 Å². The predicted octanol–water partition coefficient (Wildman–Crippen LogP) is 5.29. The number of rotatable bonds is 3. The monoisotopic (exact) mass is 453 g/mol. The van der Waals surface area contributed by atoms with Crippen molar-refractivity contribution in [3.63, 3.8) is 0 Å². The Kier molecular flexibility index (Phi) is 5.48. The lowest BCUT2D eigenvalue weighted by molar-refractivity contribution is 0.152. The van der Waals surface area contributed by atoms with E-state index >= 15 is 0 Å². The van der Waals surface area contributed by atoms with Crippen molar-refractivity contribution in [3.05, 3.63) is 53.9 Å². The molecule has 0 saturated carbocycles. The first-order chi connectivity index (χ1) is 15.8. The van der Waals surface area contributed by atoms with E-state index in [1.165, 1.54) is 0 Å². The zero-order valence-corrected chi connectivity index (χ0v) is 19.0. The molecule has 1 unspecified atom stereocenters. The molecule has 2 aliphatic heterocycles. The molecule has 0 radical (unpaired) electrons. The van der Waals surface area contributed by atoms with E-state index in [1.54, 1.807) is 30.2 Å². The highest BCUT2D eigenvalue weighted by molar-refractivity contribution is 5.88. The molecule has 0 spiro atoms. The fraction of sp³-hybridized carbons (Fsp3) is 0.400. The molecule has 1 aromatic heterocycles. The zero-order chi connectivity index (χ0) is 23.3. The van der Waals surface area contributed by atoms with Crippen LogP contribution in [0.1, 0.15) is 37.8 Å². The second kappa shape index (κ2) is 8.33. The van der Waals surface area contributed by atoms with Crippen molar-refractivity contribution < 1.29 is 13.9 Å². The molecular formula is C25H29F2N5O. The van der Waals surface area contributed by atoms with Crippen LogP contribution in [-0.4, -0.2) is 33.7 Å². The fourth-order valence-electron chi connectivity index (χ4n) is 5.05. The average molecular weight is 454 g/mol. The fourth-order valence-corrected chi connectivity index (χ4v) is 5.05. The van der Waals surface area contributed by atoms with Crippen LogP contribution in [0.2, 0.25) is 0 Å². The van der Waals surface area contributed by atoms with Crippen molar-refractivity contribution in [2.75, 3.05) is 22.1 Å². The second-order valence-electron chi connectivity index (χ2n) is 9.33. The Morgan fingerprint density at radius 2 is 1.97 bits per heavy atom. The molecule has 0 fully saturated rings. The van der Waals surface area contributed by atoms with Gasteiger partial charge in [-0.2, -0.15) is 5.10 Å². The van der Waals surface area contributed by atoms with E-state index in [0.717, 1.165) is 41.3 Å². The van der Waals surface area contributed by atoms with Gasteiger partial charge in [-0.15, -0.1) is 0 Å². The Labute approximate surface area is 192 Å². The number of para-hydroxylation sites is 1. The highest BCUT2D eigenvalue weighted by Gasteiger charge is 2.30. The third kappa shape index (κ3) is 4.04. The van der Waals surface area contributed by atoms with Crippen molar-refractivity contribution in [1.29, 1.82) is 0 Å². The average Bonchev–Trinajstić information content (AvgIpc) is 3.12. The van der Waals surface area contributed by atoms with Gasteiger partial charge in [0.2, 0.25) is 0 Å². The summed E-state index contributed by atoms with van der Waals surface area (Å²) in [5, 5.41) is 21.2. The molecule has 174 valence electrons. The number of aromatic nitrogens is 2. The Morgan fingerprint density at radius 1 is 1.15 bits per heavy atom. The van der Waals surface area contributed by atoms with Crippen molar-refractivity contribution >= 4 is 22.7 Å². The number of aliphatic hydroxyl groups excluding tert-OH is 1. The SMILES string of the molecule is C[C@H]1Cc2cc(-c3cnn(C)c3)c(C(F)F)cc2N(c2cccc3c2N[C@H](C)CC(O)N3)C1. The smallest absolute Gasteiger partial charge is 0.264 e. The number of benzene rings is 2. The minimum absolute atomic E-state index is 0.0122. The Hall–Kier alpha value is -3.13. The molecule has 2 aromatic carbocycles. The maximum atomic E-state index is 14.2. The van der Waals surface area contributed by atoms with Crippen LogP contribution in [0.25, 0.3) is 11.1 Å². The van der Waals surface area contributed by atoms with Gasteiger partial charge in [0.15, 0.2) is 0 Å². The van der Waals surface area contributed by atoms with Gasteiger partial charge in [-0.3, -0.25) is 4.68 Å². The normalized spacial score (nSPS) is 22.3. The van der Waals surface area contributed by atoms with E-state index in [-0.39, 0.29) is 11.6 Å². The lowest BCUT2D eigenvalue weighted by Gasteiger charge is -2.37. The minimum atomic E-state index is -2.60. The Bertz CT molecular complexity index is 1180. The number of hydrogen-bond donors (Lipinski definition) is 3. The predicted molar refractivity (Wildman–Crippen MR) is 127 cm³/mol. The molecule has 3 aromatic rings. The van der Waals surface area contributed by atoms with Crippen LogP contribution in [0, 0.1) is 5.92 Å². The first kappa shape index (κ1) is 21.7. The molecule has 6 nitrogen and oxygen atoms in total. The lowest BCUT2D eigenvalue weighted by atomic mass is 9.88. The summed E-state index contributed by atoms with van der Waals surface area (Å²) in [7, 11) is 1.79. The molecule has 33 heavy (non-hydrogen) atoms. The quantitative estimate of drug-likeness (QED) is 0.503. The summed E-state index contributed by atoms with van der Waals surface area (Å²) >= 11 is 0. The molecule has 5 rings (SSSR count). The highest BCUT2D eigenvalue weighted by atomic mass is 19.3. The van der Waals surface area contributed by atoms with E-state index in [2.05, 4.69) is 27.6 Å². The first-order valence-corrected chi connectivity index (χ1v) is 11.4. The van der Waals surface area contributed by atoms with Gasteiger partial charge in [-0.05, 0) is 54.7 Å². The topological polar surface area (TPSA) is 65.4 Å². The van der Waals surface area contributed by atoms with Gasteiger partial charge < -0.3 is 20.6 Å². The number of hydrogen-bond acceptors (Lipinski definition) is 5. The van der Waals surface area contributed by atoms with Crippen molar-refractivity contribution in [2.45, 2.75) is 45.4 Å². The summed E-state index contributed by atoms with van der Waals surface area (Å²) in [4.78, 5) is 2.14. The molecule has 3 N–H and O–H groups in total. The molecule has 0 saturated heterocycles. The molecule has 8 heteroatoms. The van der Waals surface area contributed by atoms with Crippen molar-refractivity contribution in [2.24, 2.45) is 13.0 Å². The van der Waals surface area contributed by atoms with Crippen molar-refractivity contribution in [1.82, 2.24) is 9.78 Å². The number of alkyl halides is 2. The van der Waals surface area contributed by atoms with Gasteiger partial charge in [0.1, 0.15) is 6.23 Å². The second-order valence-corrected chi connectivity index (χ2v) is 9.33. The summed E-state index contributed by atoms with van der Waals surface area (Å²) in [5.41, 5.74) is 5.72. The van der Waals surface area contributed by atoms with Crippen LogP contribution in [0.4, 0.5) is 31.5 Å². The van der Waals surface area contributed by atoms with E-state index < -0.39 is 12.7 Å². The number of aryl methyl sites for hydroxylation is 1. The summed E-state index contributed by atoms with van der Waals surface area (Å²) in [6.45, 7) is 4.93. The van der Waals surface area contributed by atoms with Gasteiger partial charge >= 0.3 is 0 Å². The molecule has 0 aliphatic carbocycles. The van der Waals surface area contributed by atoms with E-state index in [4.69, 9.17) is 0 Å². The van der Waals surface area contributed by atoms with Gasteiger partial charge in [0.25, 0.3) is 6.43 Å². The number of anilines is 4. The summed E-state index contributed by atoms with van der Waals surface area (Å²) in [6, 6.07) is 9.49. The number of aliphatic hydroxyl groups is 1. The molecule has 0 amide bonds. The maximum absolute atomic E-state index is 14.2. The molecule has 3 atom stereocenters. The number of nitrogens with one attached hydrogen (secondary N) is 2. The maximum Gasteiger partial charge on any atom is 0.264 e. The van der Waals surface area contributed by atoms with Gasteiger partial charge in [0.05, 0.1) is 23.3 Å². The van der Waals surface area contributed by atoms with Gasteiger partial charge in [0, 0.05) is 49.1 Å². The largest absolute Gasteiger partial charge is 0.379 e. The van der Waals surface area contributed by atoms with Crippen LogP contribution in [-0.2, 0) is 13.5 Å². The third-order valence-corrected chi connectivity index (χ3v) is 6.48. The van der Waals surface area contributed by atoms with Crippen LogP contribution >= 0.6 is 0 Å². The van der Waals surface area contributed by atoms with Crippen LogP contribution < -0.4 is 15.5 Å². The highest BCUT2D eigenvalue weighted by Crippen LogP contribution is 2.46. The van der Waals surface area contributed by atoms with Gasteiger partial charge in [-0.25, -0.2) is 8.78 Å². The van der Waals surface area contributed by atoms with Crippen LogP contribution in [0.5, 0.6) is 0 Å². The van der Waals surface area contributed by atoms with E-state index in [1.807, 2.05) is 31.2 Å². The molecule has 3 heterocycles. The zero-order valence-electron chi connectivity index (χ0n) is 19.0. The Morgan fingerprint density at radius 3 is 2.70 bits per heavy atom. The Balaban J connectivity index is 1.66. The van der Waals surface area contributed by atoms with Crippen LogP contribution in [0.15, 0.2) is 42.7 Å². The summed E-state index contributed by atoms with van der Waals surface area (Å²) in [6.07, 6.45) is 1.54. The van der Waals surface area contributed by atoms with Gasteiger partial charge in [-0.1, -0.05) is 13.0 Å². The summed E-state index contributed by atoms with van der Waals surface area (Å²) < 4.78 is 30.1.